The van der Waals surface area contributed by atoms with E-state index < -0.39 is 0 Å². The number of imidazole rings is 1. The Morgan fingerprint density at radius 3 is 2.69 bits per heavy atom. The third-order valence-electron chi connectivity index (χ3n) is 2.66. The van der Waals surface area contributed by atoms with Gasteiger partial charge in [-0.1, -0.05) is 0 Å². The zero-order valence-electron chi connectivity index (χ0n) is 8.04. The third-order valence-corrected chi connectivity index (χ3v) is 3.71. The van der Waals surface area contributed by atoms with Gasteiger partial charge >= 0.3 is 5.69 Å². The van der Waals surface area contributed by atoms with Crippen LogP contribution < -0.4 is 5.69 Å². The molecule has 2 heterocycles. The van der Waals surface area contributed by atoms with Gasteiger partial charge in [-0.15, -0.1) is 0 Å². The summed E-state index contributed by atoms with van der Waals surface area (Å²) >= 11 is 1.92. The molecule has 0 saturated carbocycles. The van der Waals surface area contributed by atoms with Crippen LogP contribution in [0.2, 0.25) is 0 Å². The highest BCUT2D eigenvalue weighted by molar-refractivity contribution is 7.98. The minimum absolute atomic E-state index is 0.118. The van der Waals surface area contributed by atoms with E-state index >= 15 is 0 Å². The molecule has 1 aromatic rings. The predicted octanol–water partition coefficient (Wildman–Crippen LogP) is 0.903. The molecule has 0 radical (unpaired) electrons. The molecular weight excluding hydrogens is 184 g/mol. The Balaban J connectivity index is 2.59. The molecule has 0 aromatic carbocycles. The molecule has 0 unspecified atom stereocenters. The molecule has 3 nitrogen and oxygen atoms in total. The molecule has 2 rings (SSSR count). The highest BCUT2D eigenvalue weighted by Crippen LogP contribution is 2.21. The molecule has 0 aliphatic carbocycles. The summed E-state index contributed by atoms with van der Waals surface area (Å²) in [5.74, 6) is 2.20. The lowest BCUT2D eigenvalue weighted by Crippen LogP contribution is -2.21. The lowest BCUT2D eigenvalue weighted by atomic mass is 10.2. The third kappa shape index (κ3) is 1.33. The summed E-state index contributed by atoms with van der Waals surface area (Å²) in [6, 6.07) is 0. The summed E-state index contributed by atoms with van der Waals surface area (Å²) in [6.07, 6.45) is 2.24. The number of fused-ring (bicyclic) bond motifs is 1. The minimum Gasteiger partial charge on any atom is -0.299 e. The molecule has 1 aliphatic heterocycles. The number of rotatable bonds is 0. The van der Waals surface area contributed by atoms with Gasteiger partial charge in [0, 0.05) is 25.5 Å². The van der Waals surface area contributed by atoms with E-state index in [1.807, 2.05) is 25.9 Å². The van der Waals surface area contributed by atoms with Gasteiger partial charge in [0.25, 0.3) is 0 Å². The van der Waals surface area contributed by atoms with Gasteiger partial charge in [-0.2, -0.15) is 11.8 Å². The van der Waals surface area contributed by atoms with Crippen molar-refractivity contribution in [3.8, 4) is 0 Å². The lowest BCUT2D eigenvalue weighted by Gasteiger charge is -2.00. The fraction of sp³-hybridized carbons (Fsp3) is 0.667. The molecule has 0 bridgehead atoms. The van der Waals surface area contributed by atoms with E-state index in [2.05, 4.69) is 0 Å². The molecule has 1 aliphatic rings. The molecule has 72 valence electrons. The second-order valence-corrected chi connectivity index (χ2v) is 4.56. The largest absolute Gasteiger partial charge is 0.328 e. The topological polar surface area (TPSA) is 26.9 Å². The Morgan fingerprint density at radius 1 is 1.23 bits per heavy atom. The van der Waals surface area contributed by atoms with Crippen LogP contribution in [-0.4, -0.2) is 14.9 Å². The summed E-state index contributed by atoms with van der Waals surface area (Å²) in [6.45, 7) is 0. The van der Waals surface area contributed by atoms with Crippen molar-refractivity contribution in [2.45, 2.75) is 18.6 Å². The number of hydrogen-bond acceptors (Lipinski definition) is 2. The molecule has 0 amide bonds. The van der Waals surface area contributed by atoms with Gasteiger partial charge in [-0.25, -0.2) is 4.79 Å². The van der Waals surface area contributed by atoms with Crippen LogP contribution >= 0.6 is 11.8 Å². The Labute approximate surface area is 81.7 Å². The van der Waals surface area contributed by atoms with Gasteiger partial charge in [0.2, 0.25) is 0 Å². The van der Waals surface area contributed by atoms with Crippen molar-refractivity contribution in [1.82, 2.24) is 9.13 Å². The van der Waals surface area contributed by atoms with Crippen LogP contribution in [0, 0.1) is 0 Å². The van der Waals surface area contributed by atoms with Crippen molar-refractivity contribution in [3.63, 3.8) is 0 Å². The molecule has 0 saturated heterocycles. The van der Waals surface area contributed by atoms with Gasteiger partial charge in [-0.3, -0.25) is 9.13 Å². The molecule has 1 aromatic heterocycles. The molecule has 4 heteroatoms. The van der Waals surface area contributed by atoms with Gasteiger partial charge in [0.15, 0.2) is 0 Å². The van der Waals surface area contributed by atoms with Crippen molar-refractivity contribution >= 4 is 11.8 Å². The maximum Gasteiger partial charge on any atom is 0.328 e. The van der Waals surface area contributed by atoms with Crippen LogP contribution in [0.3, 0.4) is 0 Å². The highest BCUT2D eigenvalue weighted by Gasteiger charge is 2.16. The van der Waals surface area contributed by atoms with Crippen LogP contribution in [0.15, 0.2) is 4.79 Å². The van der Waals surface area contributed by atoms with Crippen molar-refractivity contribution in [2.75, 3.05) is 5.75 Å². The second-order valence-electron chi connectivity index (χ2n) is 3.45. The van der Waals surface area contributed by atoms with Gasteiger partial charge in [0.1, 0.15) is 0 Å². The first-order valence-electron chi connectivity index (χ1n) is 4.53. The van der Waals surface area contributed by atoms with E-state index in [1.54, 1.807) is 9.13 Å². The van der Waals surface area contributed by atoms with Gasteiger partial charge < -0.3 is 0 Å². The zero-order chi connectivity index (χ0) is 9.42. The number of aromatic nitrogens is 2. The Bertz CT molecular complexity index is 345. The molecule has 0 atom stereocenters. The van der Waals surface area contributed by atoms with Crippen LogP contribution in [0.5, 0.6) is 0 Å². The van der Waals surface area contributed by atoms with Crippen molar-refractivity contribution < 1.29 is 0 Å². The Kier molecular flexibility index (Phi) is 2.24. The van der Waals surface area contributed by atoms with E-state index in [1.165, 1.54) is 23.6 Å². The molecule has 13 heavy (non-hydrogen) atoms. The number of nitrogens with zero attached hydrogens (tertiary/aromatic N) is 2. The smallest absolute Gasteiger partial charge is 0.299 e. The molecular formula is C9H14N2OS. The molecule has 0 N–H and O–H groups in total. The summed E-state index contributed by atoms with van der Waals surface area (Å²) in [4.78, 5) is 11.6. The standard InChI is InChI=1S/C9H14N2OS/c1-10-7-4-3-5-13-6-8(7)11(2)9(10)12/h3-6H2,1-2H3. The average Bonchev–Trinajstić information content (AvgIpc) is 2.40. The van der Waals surface area contributed by atoms with E-state index in [9.17, 15) is 4.79 Å². The SMILES string of the molecule is Cn1c2c(n(C)c1=O)CSCCC2. The first-order valence-corrected chi connectivity index (χ1v) is 5.68. The van der Waals surface area contributed by atoms with Crippen LogP contribution in [0.1, 0.15) is 17.8 Å². The van der Waals surface area contributed by atoms with Crippen molar-refractivity contribution in [3.05, 3.63) is 21.9 Å². The minimum atomic E-state index is 0.118. The fourth-order valence-electron chi connectivity index (χ4n) is 1.85. The zero-order valence-corrected chi connectivity index (χ0v) is 8.86. The van der Waals surface area contributed by atoms with E-state index in [0.29, 0.717) is 0 Å². The van der Waals surface area contributed by atoms with E-state index in [0.717, 1.165) is 12.2 Å². The molecule has 0 spiro atoms. The molecule has 0 fully saturated rings. The second kappa shape index (κ2) is 3.25. The Hall–Kier alpha value is -0.640. The lowest BCUT2D eigenvalue weighted by molar-refractivity contribution is 0.738. The van der Waals surface area contributed by atoms with Crippen LogP contribution in [0.25, 0.3) is 0 Å². The number of hydrogen-bond donors (Lipinski definition) is 0. The first-order chi connectivity index (χ1) is 6.22. The average molecular weight is 198 g/mol. The summed E-state index contributed by atoms with van der Waals surface area (Å²) in [5.41, 5.74) is 2.57. The summed E-state index contributed by atoms with van der Waals surface area (Å²) < 4.78 is 3.58. The van der Waals surface area contributed by atoms with Gasteiger partial charge in [0.05, 0.1) is 5.69 Å². The van der Waals surface area contributed by atoms with Crippen molar-refractivity contribution in [2.24, 2.45) is 14.1 Å². The summed E-state index contributed by atoms with van der Waals surface area (Å²) in [7, 11) is 3.74. The monoisotopic (exact) mass is 198 g/mol. The first kappa shape index (κ1) is 8.94. The van der Waals surface area contributed by atoms with Crippen LogP contribution in [-0.2, 0) is 26.3 Å². The quantitative estimate of drug-likeness (QED) is 0.619. The van der Waals surface area contributed by atoms with E-state index in [-0.39, 0.29) is 5.69 Å². The Morgan fingerprint density at radius 2 is 1.92 bits per heavy atom. The summed E-state index contributed by atoms with van der Waals surface area (Å²) in [5, 5.41) is 0. The van der Waals surface area contributed by atoms with Crippen molar-refractivity contribution in [1.29, 1.82) is 0 Å². The maximum absolute atomic E-state index is 11.6. The number of thioether (sulfide) groups is 1. The highest BCUT2D eigenvalue weighted by atomic mass is 32.2. The van der Waals surface area contributed by atoms with E-state index in [4.69, 9.17) is 0 Å². The van der Waals surface area contributed by atoms with Gasteiger partial charge in [-0.05, 0) is 18.6 Å². The maximum atomic E-state index is 11.6. The fourth-order valence-corrected chi connectivity index (χ4v) is 2.89. The predicted molar refractivity (Wildman–Crippen MR) is 55.1 cm³/mol. The normalized spacial score (nSPS) is 16.8. The van der Waals surface area contributed by atoms with Crippen LogP contribution in [0.4, 0.5) is 0 Å².